The number of carboxylic acids is 1. The maximum absolute atomic E-state index is 13.6. The van der Waals surface area contributed by atoms with Gasteiger partial charge in [-0.25, -0.2) is 0 Å². The number of hydrogen-bond donors (Lipinski definition) is 3. The molecule has 0 saturated carbocycles. The van der Waals surface area contributed by atoms with E-state index in [0.717, 1.165) is 16.8 Å². The molecule has 0 aromatic heterocycles. The van der Waals surface area contributed by atoms with Crippen molar-refractivity contribution in [2.24, 2.45) is 0 Å². The first-order valence-corrected chi connectivity index (χ1v) is 16.1. The molecule has 1 saturated heterocycles. The fourth-order valence-corrected chi connectivity index (χ4v) is 5.75. The summed E-state index contributed by atoms with van der Waals surface area (Å²) in [6, 6.07) is 28.4. The first-order valence-electron chi connectivity index (χ1n) is 16.1. The van der Waals surface area contributed by atoms with Gasteiger partial charge in [-0.1, -0.05) is 80.9 Å². The van der Waals surface area contributed by atoms with E-state index in [0.29, 0.717) is 48.6 Å². The molecule has 3 N–H and O–H groups in total. The minimum absolute atomic E-state index is 0.0287. The van der Waals surface area contributed by atoms with Crippen LogP contribution in [0.3, 0.4) is 0 Å². The summed E-state index contributed by atoms with van der Waals surface area (Å²) < 4.78 is 0. The SMILES string of the molecule is Cc1ccc(C(CC(=O)O)NC(=O)c2ccc(N3CCN(C(=O)c4ccccc4)CC3)c(NC(=O)c3ccc(C(C)(C)C)cc3)c2)cc1. The lowest BCUT2D eigenvalue weighted by Crippen LogP contribution is -2.49. The number of aliphatic carboxylic acids is 1. The van der Waals surface area contributed by atoms with E-state index in [-0.39, 0.29) is 29.2 Å². The summed E-state index contributed by atoms with van der Waals surface area (Å²) in [6.07, 6.45) is -0.285. The lowest BCUT2D eigenvalue weighted by Gasteiger charge is -2.37. The molecule has 1 aliphatic rings. The molecule has 1 heterocycles. The lowest BCUT2D eigenvalue weighted by atomic mass is 9.86. The van der Waals surface area contributed by atoms with E-state index in [1.54, 1.807) is 42.5 Å². The van der Waals surface area contributed by atoms with E-state index in [1.165, 1.54) is 0 Å². The van der Waals surface area contributed by atoms with E-state index < -0.39 is 17.9 Å². The van der Waals surface area contributed by atoms with Crippen molar-refractivity contribution in [3.8, 4) is 0 Å². The summed E-state index contributed by atoms with van der Waals surface area (Å²) in [7, 11) is 0. The van der Waals surface area contributed by atoms with Crippen LogP contribution in [0.1, 0.15) is 81.0 Å². The summed E-state index contributed by atoms with van der Waals surface area (Å²) in [5.41, 5.74) is 5.30. The van der Waals surface area contributed by atoms with Crippen LogP contribution in [-0.4, -0.2) is 59.9 Å². The maximum atomic E-state index is 13.6. The molecule has 4 aromatic rings. The highest BCUT2D eigenvalue weighted by Crippen LogP contribution is 2.30. The number of carbonyl (C=O) groups excluding carboxylic acids is 3. The Bertz CT molecular complexity index is 1770. The number of carboxylic acid groups (broad SMARTS) is 1. The number of nitrogens with zero attached hydrogens (tertiary/aromatic N) is 2. The molecule has 1 fully saturated rings. The van der Waals surface area contributed by atoms with E-state index >= 15 is 0 Å². The smallest absolute Gasteiger partial charge is 0.305 e. The van der Waals surface area contributed by atoms with Gasteiger partial charge in [0.25, 0.3) is 17.7 Å². The van der Waals surface area contributed by atoms with Gasteiger partial charge < -0.3 is 25.5 Å². The van der Waals surface area contributed by atoms with Crippen molar-refractivity contribution in [3.05, 3.63) is 130 Å². The largest absolute Gasteiger partial charge is 0.481 e. The first-order chi connectivity index (χ1) is 22.9. The quantitative estimate of drug-likeness (QED) is 0.192. The van der Waals surface area contributed by atoms with Crippen molar-refractivity contribution < 1.29 is 24.3 Å². The molecular weight excluding hydrogens is 604 g/mol. The molecule has 3 amide bonds. The Morgan fingerprint density at radius 1 is 0.750 bits per heavy atom. The van der Waals surface area contributed by atoms with Gasteiger partial charge in [-0.05, 0) is 65.9 Å². The topological polar surface area (TPSA) is 119 Å². The van der Waals surface area contributed by atoms with Crippen molar-refractivity contribution in [1.82, 2.24) is 10.2 Å². The summed E-state index contributed by atoms with van der Waals surface area (Å²) in [5.74, 6) is -1.85. The third kappa shape index (κ3) is 8.28. The van der Waals surface area contributed by atoms with Crippen LogP contribution in [0, 0.1) is 6.92 Å². The van der Waals surface area contributed by atoms with Crippen LogP contribution in [-0.2, 0) is 10.2 Å². The lowest BCUT2D eigenvalue weighted by molar-refractivity contribution is -0.137. The number of nitrogens with one attached hydrogen (secondary N) is 2. The van der Waals surface area contributed by atoms with Gasteiger partial charge in [0.15, 0.2) is 0 Å². The average molecular weight is 647 g/mol. The normalized spacial score (nSPS) is 13.8. The summed E-state index contributed by atoms with van der Waals surface area (Å²) in [4.78, 5) is 55.8. The third-order valence-corrected chi connectivity index (χ3v) is 8.61. The maximum Gasteiger partial charge on any atom is 0.305 e. The van der Waals surface area contributed by atoms with Crippen molar-refractivity contribution >= 4 is 35.1 Å². The summed E-state index contributed by atoms with van der Waals surface area (Å²) in [6.45, 7) is 10.3. The molecule has 0 spiro atoms. The van der Waals surface area contributed by atoms with Crippen molar-refractivity contribution in [2.75, 3.05) is 36.4 Å². The molecule has 0 radical (unpaired) electrons. The van der Waals surface area contributed by atoms with Gasteiger partial charge in [-0.3, -0.25) is 19.2 Å². The second-order valence-electron chi connectivity index (χ2n) is 13.2. The van der Waals surface area contributed by atoms with E-state index in [9.17, 15) is 24.3 Å². The van der Waals surface area contributed by atoms with Gasteiger partial charge in [0.2, 0.25) is 0 Å². The number of benzene rings is 4. The molecule has 0 aliphatic carbocycles. The minimum atomic E-state index is -1.04. The van der Waals surface area contributed by atoms with Gasteiger partial charge in [-0.2, -0.15) is 0 Å². The van der Waals surface area contributed by atoms with Gasteiger partial charge in [-0.15, -0.1) is 0 Å². The van der Waals surface area contributed by atoms with Crippen molar-refractivity contribution in [1.29, 1.82) is 0 Å². The molecule has 1 aliphatic heterocycles. The molecule has 5 rings (SSSR count). The fraction of sp³-hybridized carbons (Fsp3) is 0.282. The number of aryl methyl sites for hydroxylation is 1. The second-order valence-corrected chi connectivity index (χ2v) is 13.2. The minimum Gasteiger partial charge on any atom is -0.481 e. The molecule has 4 aromatic carbocycles. The fourth-order valence-electron chi connectivity index (χ4n) is 5.75. The van der Waals surface area contributed by atoms with Crippen molar-refractivity contribution in [3.63, 3.8) is 0 Å². The first kappa shape index (κ1) is 33.9. The summed E-state index contributed by atoms with van der Waals surface area (Å²) >= 11 is 0. The number of carbonyl (C=O) groups is 4. The van der Waals surface area contributed by atoms with E-state index in [4.69, 9.17) is 0 Å². The molecule has 248 valence electrons. The van der Waals surface area contributed by atoms with Crippen LogP contribution in [0.15, 0.2) is 97.1 Å². The Kier molecular flexibility index (Phi) is 10.3. The average Bonchev–Trinajstić information content (AvgIpc) is 3.08. The zero-order valence-electron chi connectivity index (χ0n) is 27.8. The number of hydrogen-bond acceptors (Lipinski definition) is 5. The molecule has 1 unspecified atom stereocenters. The Hall–Kier alpha value is -5.44. The number of rotatable bonds is 9. The van der Waals surface area contributed by atoms with Gasteiger partial charge in [0.05, 0.1) is 23.8 Å². The number of amides is 3. The van der Waals surface area contributed by atoms with Crippen LogP contribution < -0.4 is 15.5 Å². The Morgan fingerprint density at radius 2 is 1.38 bits per heavy atom. The standard InChI is InChI=1S/C39H42N4O5/c1-26-10-12-27(13-11-26)32(25-35(44)45)40-37(47)30-16-19-34(42-20-22-43(23-21-42)38(48)29-8-6-5-7-9-29)33(24-30)41-36(46)28-14-17-31(18-15-28)39(2,3)4/h5-19,24,32H,20-23,25H2,1-4H3,(H,40,47)(H,41,46)(H,44,45). The van der Waals surface area contributed by atoms with Crippen LogP contribution in [0.5, 0.6) is 0 Å². The van der Waals surface area contributed by atoms with Crippen LogP contribution >= 0.6 is 0 Å². The predicted molar refractivity (Wildman–Crippen MR) is 188 cm³/mol. The monoisotopic (exact) mass is 646 g/mol. The Morgan fingerprint density at radius 3 is 1.98 bits per heavy atom. The van der Waals surface area contributed by atoms with Crippen LogP contribution in [0.2, 0.25) is 0 Å². The summed E-state index contributed by atoms with van der Waals surface area (Å²) in [5, 5.41) is 15.5. The zero-order chi connectivity index (χ0) is 34.4. The van der Waals surface area contributed by atoms with Gasteiger partial charge in [0, 0.05) is 42.9 Å². The molecule has 9 heteroatoms. The molecular formula is C39H42N4O5. The van der Waals surface area contributed by atoms with Gasteiger partial charge >= 0.3 is 5.97 Å². The molecule has 48 heavy (non-hydrogen) atoms. The van der Waals surface area contributed by atoms with E-state index in [1.807, 2.05) is 66.4 Å². The van der Waals surface area contributed by atoms with Gasteiger partial charge in [0.1, 0.15) is 0 Å². The predicted octanol–water partition coefficient (Wildman–Crippen LogP) is 6.45. The molecule has 0 bridgehead atoms. The highest BCUT2D eigenvalue weighted by molar-refractivity contribution is 6.07. The Balaban J connectivity index is 1.40. The molecule has 9 nitrogen and oxygen atoms in total. The highest BCUT2D eigenvalue weighted by Gasteiger charge is 2.26. The van der Waals surface area contributed by atoms with Crippen LogP contribution in [0.25, 0.3) is 0 Å². The zero-order valence-corrected chi connectivity index (χ0v) is 27.8. The number of anilines is 2. The Labute approximate surface area is 281 Å². The highest BCUT2D eigenvalue weighted by atomic mass is 16.4. The van der Waals surface area contributed by atoms with E-state index in [2.05, 4.69) is 36.3 Å². The second kappa shape index (κ2) is 14.5. The van der Waals surface area contributed by atoms with Crippen molar-refractivity contribution in [2.45, 2.75) is 45.6 Å². The third-order valence-electron chi connectivity index (χ3n) is 8.61. The van der Waals surface area contributed by atoms with Crippen LogP contribution in [0.4, 0.5) is 11.4 Å². The number of piperazine rings is 1. The molecule has 1 atom stereocenters.